The zero-order valence-corrected chi connectivity index (χ0v) is 11.0. The molecule has 1 aliphatic carbocycles. The Morgan fingerprint density at radius 3 is 2.67 bits per heavy atom. The van der Waals surface area contributed by atoms with E-state index in [2.05, 4.69) is 5.32 Å². The van der Waals surface area contributed by atoms with E-state index in [0.29, 0.717) is 12.0 Å². The van der Waals surface area contributed by atoms with Gasteiger partial charge in [-0.15, -0.1) is 12.4 Å². The first kappa shape index (κ1) is 13.4. The molecule has 0 bridgehead atoms. The van der Waals surface area contributed by atoms with Crippen LogP contribution in [0.1, 0.15) is 24.8 Å². The monoisotopic (exact) mass is 267 g/mol. The van der Waals surface area contributed by atoms with Crippen molar-refractivity contribution in [1.29, 1.82) is 0 Å². The van der Waals surface area contributed by atoms with E-state index in [0.717, 1.165) is 18.5 Å². The van der Waals surface area contributed by atoms with Crippen LogP contribution in [-0.4, -0.2) is 18.6 Å². The number of hydrogen-bond acceptors (Lipinski definition) is 3. The van der Waals surface area contributed by atoms with E-state index in [1.54, 1.807) is 0 Å². The van der Waals surface area contributed by atoms with E-state index in [4.69, 9.17) is 4.74 Å². The second-order valence-corrected chi connectivity index (χ2v) is 5.23. The van der Waals surface area contributed by atoms with Crippen molar-refractivity contribution in [2.24, 2.45) is 5.41 Å². The summed E-state index contributed by atoms with van der Waals surface area (Å²) in [5, 5.41) is 3.27. The molecule has 1 heterocycles. The third kappa shape index (κ3) is 2.85. The van der Waals surface area contributed by atoms with Crippen LogP contribution in [0.3, 0.4) is 0 Å². The van der Waals surface area contributed by atoms with Gasteiger partial charge in [0.25, 0.3) is 0 Å². The van der Waals surface area contributed by atoms with Crippen molar-refractivity contribution in [2.75, 3.05) is 6.54 Å². The molecule has 1 atom stereocenters. The molecule has 1 spiro atoms. The largest absolute Gasteiger partial charge is 0.460 e. The maximum Gasteiger partial charge on any atom is 0.323 e. The van der Waals surface area contributed by atoms with Crippen LogP contribution in [-0.2, 0) is 16.1 Å². The standard InChI is InChI=1S/C14H17NO2.ClH/c16-13(12-8-14(6-7-14)10-15-12)17-9-11-4-2-1-3-5-11;/h1-5,12,15H,6-10H2;1H/t12-;/m0./s1. The second-order valence-electron chi connectivity index (χ2n) is 5.23. The fourth-order valence-electron chi connectivity index (χ4n) is 2.47. The Morgan fingerprint density at radius 2 is 2.06 bits per heavy atom. The maximum absolute atomic E-state index is 11.8. The van der Waals surface area contributed by atoms with Crippen molar-refractivity contribution in [2.45, 2.75) is 31.9 Å². The molecule has 0 amide bonds. The number of ether oxygens (including phenoxy) is 1. The van der Waals surface area contributed by atoms with E-state index in [1.165, 1.54) is 12.8 Å². The smallest absolute Gasteiger partial charge is 0.323 e. The lowest BCUT2D eigenvalue weighted by Gasteiger charge is -2.10. The van der Waals surface area contributed by atoms with Gasteiger partial charge in [0.1, 0.15) is 12.6 Å². The van der Waals surface area contributed by atoms with Gasteiger partial charge in [0.2, 0.25) is 0 Å². The molecule has 3 rings (SSSR count). The highest BCUT2D eigenvalue weighted by Crippen LogP contribution is 2.51. The SMILES string of the molecule is Cl.O=C(OCc1ccccc1)[C@@H]1CC2(CC2)CN1. The quantitative estimate of drug-likeness (QED) is 0.854. The van der Waals surface area contributed by atoms with Crippen LogP contribution >= 0.6 is 12.4 Å². The molecule has 1 saturated heterocycles. The number of carbonyl (C=O) groups excluding carboxylic acids is 1. The van der Waals surface area contributed by atoms with Gasteiger partial charge in [0.15, 0.2) is 0 Å². The Hall–Kier alpha value is -1.06. The lowest BCUT2D eigenvalue weighted by atomic mass is 10.0. The Bertz CT molecular complexity index is 417. The maximum atomic E-state index is 11.8. The molecular formula is C14H18ClNO2. The fraction of sp³-hybridized carbons (Fsp3) is 0.500. The third-order valence-corrected chi connectivity index (χ3v) is 3.83. The lowest BCUT2D eigenvalue weighted by Crippen LogP contribution is -2.32. The molecule has 3 nitrogen and oxygen atoms in total. The van der Waals surface area contributed by atoms with Crippen LogP contribution in [0.2, 0.25) is 0 Å². The summed E-state index contributed by atoms with van der Waals surface area (Å²) in [6.07, 6.45) is 3.49. The molecule has 4 heteroatoms. The van der Waals surface area contributed by atoms with Crippen molar-refractivity contribution in [1.82, 2.24) is 5.32 Å². The first-order valence-corrected chi connectivity index (χ1v) is 6.21. The van der Waals surface area contributed by atoms with E-state index in [1.807, 2.05) is 30.3 Å². The minimum absolute atomic E-state index is 0. The summed E-state index contributed by atoms with van der Waals surface area (Å²) in [7, 11) is 0. The molecule has 2 fully saturated rings. The van der Waals surface area contributed by atoms with Crippen molar-refractivity contribution in [3.8, 4) is 0 Å². The zero-order valence-electron chi connectivity index (χ0n) is 10.2. The number of nitrogens with one attached hydrogen (secondary N) is 1. The minimum atomic E-state index is -0.0994. The normalized spacial score (nSPS) is 23.4. The molecule has 2 aliphatic rings. The molecule has 1 N–H and O–H groups in total. The molecule has 18 heavy (non-hydrogen) atoms. The Morgan fingerprint density at radius 1 is 1.33 bits per heavy atom. The van der Waals surface area contributed by atoms with Gasteiger partial charge in [-0.25, -0.2) is 0 Å². The van der Waals surface area contributed by atoms with Gasteiger partial charge in [0, 0.05) is 6.54 Å². The second kappa shape index (κ2) is 5.29. The fourth-order valence-corrected chi connectivity index (χ4v) is 2.47. The number of carbonyl (C=O) groups is 1. The molecule has 0 aromatic heterocycles. The predicted octanol–water partition coefficient (Wildman–Crippen LogP) is 2.29. The summed E-state index contributed by atoms with van der Waals surface area (Å²) in [5.41, 5.74) is 1.48. The Labute approximate surface area is 113 Å². The minimum Gasteiger partial charge on any atom is -0.460 e. The first-order valence-electron chi connectivity index (χ1n) is 6.21. The van der Waals surface area contributed by atoms with Crippen molar-refractivity contribution >= 4 is 18.4 Å². The van der Waals surface area contributed by atoms with E-state index in [9.17, 15) is 4.79 Å². The van der Waals surface area contributed by atoms with Crippen LogP contribution in [0, 0.1) is 5.41 Å². The molecule has 1 aromatic carbocycles. The van der Waals surface area contributed by atoms with E-state index < -0.39 is 0 Å². The molecule has 98 valence electrons. The highest BCUT2D eigenvalue weighted by Gasteiger charge is 2.50. The summed E-state index contributed by atoms with van der Waals surface area (Å²) < 4.78 is 5.33. The first-order chi connectivity index (χ1) is 8.27. The molecule has 1 aliphatic heterocycles. The number of benzene rings is 1. The van der Waals surface area contributed by atoms with Crippen LogP contribution in [0.15, 0.2) is 30.3 Å². The number of halogens is 1. The predicted molar refractivity (Wildman–Crippen MR) is 71.6 cm³/mol. The van der Waals surface area contributed by atoms with Gasteiger partial charge in [0.05, 0.1) is 0 Å². The number of hydrogen-bond donors (Lipinski definition) is 1. The lowest BCUT2D eigenvalue weighted by molar-refractivity contribution is -0.147. The molecular weight excluding hydrogens is 250 g/mol. The highest BCUT2D eigenvalue weighted by molar-refractivity contribution is 5.85. The number of rotatable bonds is 3. The summed E-state index contributed by atoms with van der Waals surface area (Å²) in [6, 6.07) is 9.73. The Balaban J connectivity index is 0.00000120. The summed E-state index contributed by atoms with van der Waals surface area (Å²) in [5.74, 6) is -0.0994. The van der Waals surface area contributed by atoms with E-state index in [-0.39, 0.29) is 24.4 Å². The van der Waals surface area contributed by atoms with Gasteiger partial charge in [-0.2, -0.15) is 0 Å². The number of esters is 1. The summed E-state index contributed by atoms with van der Waals surface area (Å²) in [6.45, 7) is 1.36. The topological polar surface area (TPSA) is 38.3 Å². The molecule has 1 saturated carbocycles. The molecule has 0 radical (unpaired) electrons. The summed E-state index contributed by atoms with van der Waals surface area (Å²) in [4.78, 5) is 11.8. The Kier molecular flexibility index (Phi) is 3.93. The van der Waals surface area contributed by atoms with Gasteiger partial charge < -0.3 is 10.1 Å². The van der Waals surface area contributed by atoms with Crippen LogP contribution in [0.25, 0.3) is 0 Å². The highest BCUT2D eigenvalue weighted by atomic mass is 35.5. The van der Waals surface area contributed by atoms with Gasteiger partial charge in [-0.3, -0.25) is 4.79 Å². The van der Waals surface area contributed by atoms with Crippen molar-refractivity contribution in [3.63, 3.8) is 0 Å². The van der Waals surface area contributed by atoms with E-state index >= 15 is 0 Å². The summed E-state index contributed by atoms with van der Waals surface area (Å²) >= 11 is 0. The van der Waals surface area contributed by atoms with Gasteiger partial charge in [-0.05, 0) is 30.2 Å². The third-order valence-electron chi connectivity index (χ3n) is 3.83. The molecule has 1 aromatic rings. The van der Waals surface area contributed by atoms with Crippen molar-refractivity contribution in [3.05, 3.63) is 35.9 Å². The average Bonchev–Trinajstić information content (AvgIpc) is 2.98. The van der Waals surface area contributed by atoms with Gasteiger partial charge in [-0.1, -0.05) is 30.3 Å². The van der Waals surface area contributed by atoms with Crippen LogP contribution < -0.4 is 5.32 Å². The van der Waals surface area contributed by atoms with Gasteiger partial charge >= 0.3 is 5.97 Å². The van der Waals surface area contributed by atoms with Crippen molar-refractivity contribution < 1.29 is 9.53 Å². The van der Waals surface area contributed by atoms with Crippen LogP contribution in [0.4, 0.5) is 0 Å². The van der Waals surface area contributed by atoms with Crippen LogP contribution in [0.5, 0.6) is 0 Å². The zero-order chi connectivity index (χ0) is 11.7. The average molecular weight is 268 g/mol. The molecule has 0 unspecified atom stereocenters.